The Kier molecular flexibility index (Phi) is 3.37. The molecule has 1 saturated carbocycles. The molecule has 2 aliphatic rings. The molecular formula is C18H19N7O. The molecule has 0 radical (unpaired) electrons. The first-order valence-electron chi connectivity index (χ1n) is 8.92. The number of nitrogens with zero attached hydrogens (tertiary/aromatic N) is 6. The highest BCUT2D eigenvalue weighted by atomic mass is 16.7. The molecule has 0 aromatic carbocycles. The van der Waals surface area contributed by atoms with Crippen molar-refractivity contribution in [2.24, 2.45) is 5.16 Å². The van der Waals surface area contributed by atoms with Gasteiger partial charge in [0.15, 0.2) is 5.65 Å². The first-order valence-corrected chi connectivity index (χ1v) is 8.92. The number of aryl methyl sites for hydroxylation is 1. The quantitative estimate of drug-likeness (QED) is 0.778. The van der Waals surface area contributed by atoms with Gasteiger partial charge >= 0.3 is 0 Å². The highest BCUT2D eigenvalue weighted by Gasteiger charge is 2.45. The maximum atomic E-state index is 5.77. The molecule has 0 atom stereocenters. The molecule has 132 valence electrons. The summed E-state index contributed by atoms with van der Waals surface area (Å²) in [6.45, 7) is 2.80. The summed E-state index contributed by atoms with van der Waals surface area (Å²) in [7, 11) is 0. The Hall–Kier alpha value is -3.03. The first-order chi connectivity index (χ1) is 12.8. The van der Waals surface area contributed by atoms with Crippen LogP contribution in [0.4, 0.5) is 11.6 Å². The Morgan fingerprint density at radius 1 is 1.19 bits per heavy atom. The van der Waals surface area contributed by atoms with Crippen LogP contribution in [0.1, 0.15) is 38.2 Å². The minimum atomic E-state index is -0.0988. The zero-order valence-corrected chi connectivity index (χ0v) is 14.5. The maximum Gasteiger partial charge on any atom is 0.227 e. The van der Waals surface area contributed by atoms with Gasteiger partial charge in [0.2, 0.25) is 5.95 Å². The van der Waals surface area contributed by atoms with Gasteiger partial charge in [0.1, 0.15) is 5.60 Å². The fourth-order valence-electron chi connectivity index (χ4n) is 3.59. The highest BCUT2D eigenvalue weighted by Crippen LogP contribution is 2.44. The van der Waals surface area contributed by atoms with Crippen LogP contribution in [0, 0.1) is 0 Å². The van der Waals surface area contributed by atoms with Crippen molar-refractivity contribution in [2.75, 3.05) is 5.32 Å². The van der Waals surface area contributed by atoms with Gasteiger partial charge in [-0.2, -0.15) is 5.10 Å². The molecule has 8 heteroatoms. The van der Waals surface area contributed by atoms with Gasteiger partial charge < -0.3 is 10.2 Å². The molecular weight excluding hydrogens is 330 g/mol. The minimum Gasteiger partial charge on any atom is -0.389 e. The van der Waals surface area contributed by atoms with E-state index in [9.17, 15) is 0 Å². The smallest absolute Gasteiger partial charge is 0.227 e. The summed E-state index contributed by atoms with van der Waals surface area (Å²) in [5.74, 6) is 0.531. The predicted octanol–water partition coefficient (Wildman–Crippen LogP) is 3.03. The monoisotopic (exact) mass is 349 g/mol. The van der Waals surface area contributed by atoms with E-state index in [4.69, 9.17) is 4.84 Å². The Morgan fingerprint density at radius 3 is 2.73 bits per heavy atom. The zero-order valence-electron chi connectivity index (χ0n) is 14.5. The maximum absolute atomic E-state index is 5.77. The Bertz CT molecular complexity index is 991. The molecule has 0 amide bonds. The van der Waals surface area contributed by atoms with Crippen LogP contribution >= 0.6 is 0 Å². The zero-order chi connectivity index (χ0) is 17.6. The number of aromatic nitrogens is 5. The van der Waals surface area contributed by atoms with Crippen LogP contribution in [0.15, 0.2) is 36.0 Å². The molecule has 0 saturated heterocycles. The van der Waals surface area contributed by atoms with Gasteiger partial charge in [-0.25, -0.2) is 19.6 Å². The second-order valence-corrected chi connectivity index (χ2v) is 6.78. The lowest BCUT2D eigenvalue weighted by Gasteiger charge is -2.34. The molecule has 1 fully saturated rings. The van der Waals surface area contributed by atoms with Crippen molar-refractivity contribution in [3.05, 3.63) is 36.4 Å². The van der Waals surface area contributed by atoms with Gasteiger partial charge in [-0.3, -0.25) is 0 Å². The number of fused-ring (bicyclic) bond motifs is 1. The number of hydrogen-bond donors (Lipinski definition) is 1. The molecule has 1 aliphatic carbocycles. The number of hydrogen-bond acceptors (Lipinski definition) is 7. The van der Waals surface area contributed by atoms with E-state index >= 15 is 0 Å². The number of oxime groups is 1. The number of nitrogens with one attached hydrogen (secondary N) is 1. The van der Waals surface area contributed by atoms with Crippen molar-refractivity contribution >= 4 is 28.4 Å². The lowest BCUT2D eigenvalue weighted by molar-refractivity contribution is -0.0755. The van der Waals surface area contributed by atoms with Crippen molar-refractivity contribution in [1.82, 2.24) is 24.7 Å². The molecule has 0 unspecified atom stereocenters. The summed E-state index contributed by atoms with van der Waals surface area (Å²) in [6.07, 6.45) is 11.2. The summed E-state index contributed by atoms with van der Waals surface area (Å²) in [4.78, 5) is 19.0. The topological polar surface area (TPSA) is 90.1 Å². The van der Waals surface area contributed by atoms with Crippen LogP contribution in [0.25, 0.3) is 11.0 Å². The van der Waals surface area contributed by atoms with Crippen molar-refractivity contribution in [3.8, 4) is 0 Å². The van der Waals surface area contributed by atoms with E-state index in [2.05, 4.69) is 30.5 Å². The van der Waals surface area contributed by atoms with Gasteiger partial charge in [0.05, 0.1) is 23.0 Å². The van der Waals surface area contributed by atoms with E-state index in [-0.39, 0.29) is 5.60 Å². The summed E-state index contributed by atoms with van der Waals surface area (Å²) < 4.78 is 1.87. The van der Waals surface area contributed by atoms with Crippen LogP contribution in [0.2, 0.25) is 0 Å². The molecule has 1 aliphatic heterocycles. The second kappa shape index (κ2) is 5.76. The average Bonchev–Trinajstić information content (AvgIpc) is 3.27. The van der Waals surface area contributed by atoms with Crippen molar-refractivity contribution in [1.29, 1.82) is 0 Å². The van der Waals surface area contributed by atoms with Crippen LogP contribution < -0.4 is 5.32 Å². The van der Waals surface area contributed by atoms with Crippen LogP contribution in [0.3, 0.4) is 0 Å². The standard InChI is InChI=1S/C18H19N7O/c1-2-25-16-13(11-22-25)15(23-17-19-7-4-8-20-17)12(10-21-16)14-9-18(26-24-14)5-3-6-18/h4,7-8,10-11H,2-3,5-6,9H2,1H3,(H,19,20,21,23). The third-order valence-corrected chi connectivity index (χ3v) is 5.18. The molecule has 3 aromatic rings. The molecule has 8 nitrogen and oxygen atoms in total. The average molecular weight is 349 g/mol. The van der Waals surface area contributed by atoms with E-state index in [0.717, 1.165) is 53.8 Å². The lowest BCUT2D eigenvalue weighted by Crippen LogP contribution is -2.37. The third-order valence-electron chi connectivity index (χ3n) is 5.18. The minimum absolute atomic E-state index is 0.0988. The highest BCUT2D eigenvalue weighted by molar-refractivity contribution is 6.11. The number of rotatable bonds is 4. The lowest BCUT2D eigenvalue weighted by atomic mass is 9.76. The van der Waals surface area contributed by atoms with E-state index in [0.29, 0.717) is 5.95 Å². The Balaban J connectivity index is 1.61. The van der Waals surface area contributed by atoms with Gasteiger partial charge in [0, 0.05) is 37.1 Å². The summed E-state index contributed by atoms with van der Waals surface area (Å²) >= 11 is 0. The van der Waals surface area contributed by atoms with Crippen LogP contribution in [-0.4, -0.2) is 36.0 Å². The SMILES string of the molecule is CCn1ncc2c(Nc3ncccn3)c(C3=NOC4(CCC4)C3)cnc21. The van der Waals surface area contributed by atoms with E-state index < -0.39 is 0 Å². The van der Waals surface area contributed by atoms with Crippen LogP contribution in [-0.2, 0) is 11.4 Å². The summed E-state index contributed by atoms with van der Waals surface area (Å²) in [5, 5.41) is 13.1. The van der Waals surface area contributed by atoms with Crippen molar-refractivity contribution < 1.29 is 4.84 Å². The van der Waals surface area contributed by atoms with E-state index in [1.807, 2.05) is 24.0 Å². The molecule has 26 heavy (non-hydrogen) atoms. The van der Waals surface area contributed by atoms with Gasteiger partial charge in [0.25, 0.3) is 0 Å². The van der Waals surface area contributed by atoms with Crippen molar-refractivity contribution in [2.45, 2.75) is 44.8 Å². The largest absolute Gasteiger partial charge is 0.389 e. The molecule has 1 N–H and O–H groups in total. The van der Waals surface area contributed by atoms with Gasteiger partial charge in [-0.15, -0.1) is 0 Å². The van der Waals surface area contributed by atoms with Crippen LogP contribution in [0.5, 0.6) is 0 Å². The molecule has 1 spiro atoms. The van der Waals surface area contributed by atoms with Gasteiger partial charge in [-0.1, -0.05) is 5.16 Å². The molecule has 5 rings (SSSR count). The molecule has 0 bridgehead atoms. The molecule has 4 heterocycles. The van der Waals surface area contributed by atoms with E-state index in [1.165, 1.54) is 6.42 Å². The predicted molar refractivity (Wildman–Crippen MR) is 97.3 cm³/mol. The Morgan fingerprint density at radius 2 is 2.04 bits per heavy atom. The van der Waals surface area contributed by atoms with Crippen molar-refractivity contribution in [3.63, 3.8) is 0 Å². The fraction of sp³-hybridized carbons (Fsp3) is 0.389. The van der Waals surface area contributed by atoms with E-state index in [1.54, 1.807) is 18.5 Å². The normalized spacial score (nSPS) is 17.8. The third kappa shape index (κ3) is 2.33. The van der Waals surface area contributed by atoms with Gasteiger partial charge in [-0.05, 0) is 32.3 Å². The second-order valence-electron chi connectivity index (χ2n) is 6.78. The summed E-state index contributed by atoms with van der Waals surface area (Å²) in [6, 6.07) is 1.79. The fourth-order valence-corrected chi connectivity index (χ4v) is 3.59. The first kappa shape index (κ1) is 15.2. The number of anilines is 2. The number of pyridine rings is 1. The Labute approximate surface area is 150 Å². The molecule has 3 aromatic heterocycles. The summed E-state index contributed by atoms with van der Waals surface area (Å²) in [5.41, 5.74) is 3.44.